The maximum Gasteiger partial charge on any atom is 0.251 e. The van der Waals surface area contributed by atoms with Crippen LogP contribution in [0.15, 0.2) is 36.5 Å². The van der Waals surface area contributed by atoms with Crippen LogP contribution >= 0.6 is 0 Å². The normalized spacial score (nSPS) is 10.7. The topological polar surface area (TPSA) is 63.2 Å². The minimum Gasteiger partial charge on any atom is -0.383 e. The fraction of sp³-hybridized carbons (Fsp3) is 0.333. The van der Waals surface area contributed by atoms with Crippen molar-refractivity contribution < 1.29 is 9.53 Å². The number of benzene rings is 1. The Bertz CT molecular complexity index is 572. The Morgan fingerprint density at radius 3 is 3.00 bits per heavy atom. The third kappa shape index (κ3) is 4.01. The summed E-state index contributed by atoms with van der Waals surface area (Å²) in [5, 5.41) is 7.02. The SMILES string of the molecule is COCCNCCNC(=O)c1ccc2ncccc2c1. The molecule has 0 bridgehead atoms. The van der Waals surface area contributed by atoms with Crippen LogP contribution in [-0.2, 0) is 4.74 Å². The molecule has 2 rings (SSSR count). The van der Waals surface area contributed by atoms with Gasteiger partial charge in [0.15, 0.2) is 0 Å². The van der Waals surface area contributed by atoms with Gasteiger partial charge >= 0.3 is 0 Å². The zero-order valence-corrected chi connectivity index (χ0v) is 11.6. The number of nitrogens with zero attached hydrogens (tertiary/aromatic N) is 1. The second kappa shape index (κ2) is 7.57. The van der Waals surface area contributed by atoms with E-state index in [9.17, 15) is 4.79 Å². The first kappa shape index (κ1) is 14.4. The number of carbonyl (C=O) groups is 1. The summed E-state index contributed by atoms with van der Waals surface area (Å²) in [7, 11) is 1.66. The number of aromatic nitrogens is 1. The Kier molecular flexibility index (Phi) is 5.46. The molecule has 0 saturated heterocycles. The second-order valence-electron chi connectivity index (χ2n) is 4.41. The van der Waals surface area contributed by atoms with E-state index in [2.05, 4.69) is 15.6 Å². The second-order valence-corrected chi connectivity index (χ2v) is 4.41. The van der Waals surface area contributed by atoms with Gasteiger partial charge in [-0.3, -0.25) is 9.78 Å². The zero-order chi connectivity index (χ0) is 14.2. The van der Waals surface area contributed by atoms with Gasteiger partial charge in [-0.1, -0.05) is 6.07 Å². The van der Waals surface area contributed by atoms with Crippen LogP contribution in [0.4, 0.5) is 0 Å². The van der Waals surface area contributed by atoms with Crippen molar-refractivity contribution >= 4 is 16.8 Å². The number of hydrogen-bond acceptors (Lipinski definition) is 4. The predicted molar refractivity (Wildman–Crippen MR) is 78.8 cm³/mol. The first-order valence-corrected chi connectivity index (χ1v) is 6.64. The lowest BCUT2D eigenvalue weighted by Gasteiger charge is -2.07. The van der Waals surface area contributed by atoms with Crippen molar-refractivity contribution in [1.82, 2.24) is 15.6 Å². The number of nitrogens with one attached hydrogen (secondary N) is 2. The van der Waals surface area contributed by atoms with Crippen LogP contribution in [0.5, 0.6) is 0 Å². The summed E-state index contributed by atoms with van der Waals surface area (Å²) in [6.45, 7) is 2.78. The summed E-state index contributed by atoms with van der Waals surface area (Å²) >= 11 is 0. The summed E-state index contributed by atoms with van der Waals surface area (Å²) in [6.07, 6.45) is 1.74. The largest absolute Gasteiger partial charge is 0.383 e. The Labute approximate surface area is 118 Å². The van der Waals surface area contributed by atoms with Gasteiger partial charge in [0.25, 0.3) is 5.91 Å². The highest BCUT2D eigenvalue weighted by Crippen LogP contribution is 2.12. The molecule has 5 nitrogen and oxygen atoms in total. The van der Waals surface area contributed by atoms with Gasteiger partial charge in [-0.2, -0.15) is 0 Å². The Hall–Kier alpha value is -1.98. The van der Waals surface area contributed by atoms with E-state index < -0.39 is 0 Å². The maximum absolute atomic E-state index is 12.0. The van der Waals surface area contributed by atoms with Crippen molar-refractivity contribution in [3.63, 3.8) is 0 Å². The van der Waals surface area contributed by atoms with Crippen molar-refractivity contribution in [3.05, 3.63) is 42.1 Å². The molecule has 2 aromatic rings. The molecule has 0 radical (unpaired) electrons. The molecule has 0 aliphatic carbocycles. The van der Waals surface area contributed by atoms with Crippen LogP contribution < -0.4 is 10.6 Å². The molecule has 1 aromatic heterocycles. The van der Waals surface area contributed by atoms with Crippen molar-refractivity contribution in [2.24, 2.45) is 0 Å². The fourth-order valence-electron chi connectivity index (χ4n) is 1.88. The van der Waals surface area contributed by atoms with E-state index in [4.69, 9.17) is 4.74 Å². The Morgan fingerprint density at radius 1 is 1.25 bits per heavy atom. The number of methoxy groups -OCH3 is 1. The van der Waals surface area contributed by atoms with E-state index in [-0.39, 0.29) is 5.91 Å². The molecule has 0 spiro atoms. The van der Waals surface area contributed by atoms with E-state index in [1.807, 2.05) is 24.3 Å². The Morgan fingerprint density at radius 2 is 2.15 bits per heavy atom. The fourth-order valence-corrected chi connectivity index (χ4v) is 1.88. The van der Waals surface area contributed by atoms with Gasteiger partial charge in [-0.05, 0) is 24.3 Å². The number of rotatable bonds is 7. The van der Waals surface area contributed by atoms with Crippen molar-refractivity contribution in [1.29, 1.82) is 0 Å². The van der Waals surface area contributed by atoms with Gasteiger partial charge in [-0.25, -0.2) is 0 Å². The van der Waals surface area contributed by atoms with Crippen LogP contribution in [0.3, 0.4) is 0 Å². The highest BCUT2D eigenvalue weighted by atomic mass is 16.5. The first-order chi connectivity index (χ1) is 9.81. The van der Waals surface area contributed by atoms with Crippen LogP contribution in [0.2, 0.25) is 0 Å². The van der Waals surface area contributed by atoms with Crippen LogP contribution in [-0.4, -0.2) is 44.2 Å². The van der Waals surface area contributed by atoms with Gasteiger partial charge in [0.1, 0.15) is 0 Å². The lowest BCUT2D eigenvalue weighted by molar-refractivity contribution is 0.0954. The van der Waals surface area contributed by atoms with E-state index >= 15 is 0 Å². The highest BCUT2D eigenvalue weighted by Gasteiger charge is 2.05. The average molecular weight is 273 g/mol. The third-order valence-electron chi connectivity index (χ3n) is 2.94. The van der Waals surface area contributed by atoms with Gasteiger partial charge in [0, 0.05) is 43.9 Å². The minimum absolute atomic E-state index is 0.0655. The molecular formula is C15H19N3O2. The summed E-state index contributed by atoms with van der Waals surface area (Å²) in [5.74, 6) is -0.0655. The maximum atomic E-state index is 12.0. The molecule has 0 atom stereocenters. The Balaban J connectivity index is 1.84. The van der Waals surface area contributed by atoms with Crippen molar-refractivity contribution in [2.45, 2.75) is 0 Å². The molecule has 106 valence electrons. The molecule has 1 heterocycles. The summed E-state index contributed by atoms with van der Waals surface area (Å²) < 4.78 is 4.92. The number of amides is 1. The zero-order valence-electron chi connectivity index (χ0n) is 11.6. The predicted octanol–water partition coefficient (Wildman–Crippen LogP) is 1.20. The third-order valence-corrected chi connectivity index (χ3v) is 2.94. The van der Waals surface area contributed by atoms with E-state index in [1.165, 1.54) is 0 Å². The van der Waals surface area contributed by atoms with Gasteiger partial charge < -0.3 is 15.4 Å². The first-order valence-electron chi connectivity index (χ1n) is 6.64. The standard InChI is InChI=1S/C15H19N3O2/c1-20-10-9-16-7-8-18-15(19)13-4-5-14-12(11-13)3-2-6-17-14/h2-6,11,16H,7-10H2,1H3,(H,18,19). The monoisotopic (exact) mass is 273 g/mol. The molecule has 1 amide bonds. The number of fused-ring (bicyclic) bond motifs is 1. The number of pyridine rings is 1. The van der Waals surface area contributed by atoms with E-state index in [0.29, 0.717) is 18.7 Å². The number of hydrogen-bond donors (Lipinski definition) is 2. The molecule has 2 N–H and O–H groups in total. The summed E-state index contributed by atoms with van der Waals surface area (Å²) in [4.78, 5) is 16.2. The van der Waals surface area contributed by atoms with Gasteiger partial charge in [-0.15, -0.1) is 0 Å². The van der Waals surface area contributed by atoms with Crippen LogP contribution in [0.1, 0.15) is 10.4 Å². The quantitative estimate of drug-likeness (QED) is 0.744. The minimum atomic E-state index is -0.0655. The van der Waals surface area contributed by atoms with Crippen LogP contribution in [0, 0.1) is 0 Å². The molecule has 20 heavy (non-hydrogen) atoms. The molecule has 1 aromatic carbocycles. The molecule has 0 fully saturated rings. The molecule has 0 aliphatic heterocycles. The molecule has 0 unspecified atom stereocenters. The summed E-state index contributed by atoms with van der Waals surface area (Å²) in [6, 6.07) is 9.33. The lowest BCUT2D eigenvalue weighted by Crippen LogP contribution is -2.33. The molecule has 0 aliphatic rings. The molecule has 0 saturated carbocycles. The number of ether oxygens (including phenoxy) is 1. The van der Waals surface area contributed by atoms with E-state index in [1.54, 1.807) is 19.4 Å². The number of carbonyl (C=O) groups excluding carboxylic acids is 1. The van der Waals surface area contributed by atoms with Gasteiger partial charge in [0.2, 0.25) is 0 Å². The smallest absolute Gasteiger partial charge is 0.251 e. The highest BCUT2D eigenvalue weighted by molar-refractivity contribution is 5.97. The van der Waals surface area contributed by atoms with Crippen molar-refractivity contribution in [2.75, 3.05) is 33.4 Å². The van der Waals surface area contributed by atoms with Crippen molar-refractivity contribution in [3.8, 4) is 0 Å². The van der Waals surface area contributed by atoms with E-state index in [0.717, 1.165) is 24.0 Å². The summed E-state index contributed by atoms with van der Waals surface area (Å²) in [5.41, 5.74) is 1.55. The lowest BCUT2D eigenvalue weighted by atomic mass is 10.1. The molecule has 5 heteroatoms. The average Bonchev–Trinajstić information content (AvgIpc) is 2.50. The van der Waals surface area contributed by atoms with Gasteiger partial charge in [0.05, 0.1) is 12.1 Å². The van der Waals surface area contributed by atoms with Crippen LogP contribution in [0.25, 0.3) is 10.9 Å². The molecular weight excluding hydrogens is 254 g/mol.